The maximum atomic E-state index is 11.9. The SMILES string of the molecule is CC(=O)N1CCC(Nc2nc(Nc3ccc(N4CCN(C(C)=O)CC4)cc3)ncc2C(N)=O)CC1. The lowest BCUT2D eigenvalue weighted by molar-refractivity contribution is -0.130. The van der Waals surface area contributed by atoms with E-state index in [2.05, 4.69) is 25.5 Å². The van der Waals surface area contributed by atoms with E-state index in [9.17, 15) is 14.4 Å². The average Bonchev–Trinajstić information content (AvgIpc) is 2.85. The lowest BCUT2D eigenvalue weighted by Gasteiger charge is -2.35. The molecule has 1 aromatic heterocycles. The Morgan fingerprint density at radius 1 is 0.914 bits per heavy atom. The molecular weight excluding hydrogens is 448 g/mol. The van der Waals surface area contributed by atoms with Gasteiger partial charge in [0.25, 0.3) is 5.91 Å². The first kappa shape index (κ1) is 24.2. The van der Waals surface area contributed by atoms with Crippen LogP contribution in [0.1, 0.15) is 37.0 Å². The summed E-state index contributed by atoms with van der Waals surface area (Å²) < 4.78 is 0. The third-order valence-electron chi connectivity index (χ3n) is 6.55. The molecule has 2 aliphatic rings. The van der Waals surface area contributed by atoms with E-state index in [-0.39, 0.29) is 23.4 Å². The van der Waals surface area contributed by atoms with Gasteiger partial charge in [-0.25, -0.2) is 4.98 Å². The fourth-order valence-corrected chi connectivity index (χ4v) is 4.43. The number of piperidine rings is 1. The van der Waals surface area contributed by atoms with Crippen molar-refractivity contribution < 1.29 is 14.4 Å². The number of carbonyl (C=O) groups excluding carboxylic acids is 3. The number of nitrogens with zero attached hydrogens (tertiary/aromatic N) is 5. The second-order valence-electron chi connectivity index (χ2n) is 8.91. The molecule has 0 spiro atoms. The lowest BCUT2D eigenvalue weighted by Crippen LogP contribution is -2.48. The molecule has 11 heteroatoms. The number of benzene rings is 1. The molecule has 35 heavy (non-hydrogen) atoms. The van der Waals surface area contributed by atoms with Gasteiger partial charge in [-0.1, -0.05) is 0 Å². The Hall–Kier alpha value is -3.89. The molecule has 4 rings (SSSR count). The fourth-order valence-electron chi connectivity index (χ4n) is 4.43. The molecule has 0 saturated carbocycles. The van der Waals surface area contributed by atoms with Gasteiger partial charge in [0.15, 0.2) is 0 Å². The second kappa shape index (κ2) is 10.6. The van der Waals surface area contributed by atoms with E-state index < -0.39 is 5.91 Å². The van der Waals surface area contributed by atoms with E-state index in [1.807, 2.05) is 34.1 Å². The third-order valence-corrected chi connectivity index (χ3v) is 6.55. The van der Waals surface area contributed by atoms with Gasteiger partial charge in [-0.2, -0.15) is 4.98 Å². The number of aromatic nitrogens is 2. The highest BCUT2D eigenvalue weighted by molar-refractivity contribution is 5.97. The summed E-state index contributed by atoms with van der Waals surface area (Å²) in [4.78, 5) is 49.7. The van der Waals surface area contributed by atoms with Crippen LogP contribution >= 0.6 is 0 Å². The number of rotatable bonds is 6. The Balaban J connectivity index is 1.40. The highest BCUT2D eigenvalue weighted by Crippen LogP contribution is 2.23. The van der Waals surface area contributed by atoms with Crippen LogP contribution in [0, 0.1) is 0 Å². The topological polar surface area (TPSA) is 137 Å². The van der Waals surface area contributed by atoms with Gasteiger partial charge in [0.05, 0.1) is 5.56 Å². The molecule has 4 N–H and O–H groups in total. The molecule has 2 aliphatic heterocycles. The molecule has 0 atom stereocenters. The van der Waals surface area contributed by atoms with Crippen LogP contribution in [0.2, 0.25) is 0 Å². The van der Waals surface area contributed by atoms with E-state index in [4.69, 9.17) is 5.73 Å². The van der Waals surface area contributed by atoms with Crippen LogP contribution in [-0.2, 0) is 9.59 Å². The molecule has 2 aromatic rings. The van der Waals surface area contributed by atoms with Crippen molar-refractivity contribution in [2.75, 3.05) is 54.8 Å². The second-order valence-corrected chi connectivity index (χ2v) is 8.91. The lowest BCUT2D eigenvalue weighted by atomic mass is 10.0. The van der Waals surface area contributed by atoms with Gasteiger partial charge in [-0.05, 0) is 37.1 Å². The van der Waals surface area contributed by atoms with E-state index in [0.717, 1.165) is 50.4 Å². The first-order valence-electron chi connectivity index (χ1n) is 11.9. The van der Waals surface area contributed by atoms with Crippen molar-refractivity contribution in [3.8, 4) is 0 Å². The molecule has 186 valence electrons. The number of carbonyl (C=O) groups is 3. The van der Waals surface area contributed by atoms with Gasteiger partial charge in [0.1, 0.15) is 5.82 Å². The smallest absolute Gasteiger partial charge is 0.254 e. The van der Waals surface area contributed by atoms with Crippen LogP contribution in [0.5, 0.6) is 0 Å². The Labute approximate surface area is 204 Å². The van der Waals surface area contributed by atoms with Gasteiger partial charge in [-0.3, -0.25) is 14.4 Å². The Morgan fingerprint density at radius 2 is 1.51 bits per heavy atom. The zero-order chi connectivity index (χ0) is 24.9. The average molecular weight is 481 g/mol. The highest BCUT2D eigenvalue weighted by Gasteiger charge is 2.23. The van der Waals surface area contributed by atoms with Gasteiger partial charge in [0.2, 0.25) is 17.8 Å². The number of amides is 3. The highest BCUT2D eigenvalue weighted by atomic mass is 16.2. The number of likely N-dealkylation sites (tertiary alicyclic amines) is 1. The first-order chi connectivity index (χ1) is 16.8. The van der Waals surface area contributed by atoms with Gasteiger partial charge >= 0.3 is 0 Å². The van der Waals surface area contributed by atoms with E-state index >= 15 is 0 Å². The molecule has 1 aromatic carbocycles. The molecule has 3 heterocycles. The Morgan fingerprint density at radius 3 is 2.09 bits per heavy atom. The minimum absolute atomic E-state index is 0.0686. The van der Waals surface area contributed by atoms with Crippen LogP contribution in [0.3, 0.4) is 0 Å². The molecule has 11 nitrogen and oxygen atoms in total. The quantitative estimate of drug-likeness (QED) is 0.565. The summed E-state index contributed by atoms with van der Waals surface area (Å²) in [6.45, 7) is 7.53. The summed E-state index contributed by atoms with van der Waals surface area (Å²) in [5.74, 6) is 0.313. The van der Waals surface area contributed by atoms with Gasteiger partial charge < -0.3 is 31.1 Å². The standard InChI is InChI=1S/C24H32N8O3/c1-16(33)30-9-7-19(8-10-30)27-23-21(22(25)35)15-26-24(29-23)28-18-3-5-20(6-4-18)32-13-11-31(12-14-32)17(2)34/h3-6,15,19H,7-14H2,1-2H3,(H2,25,35)(H2,26,27,28,29). The molecule has 3 amide bonds. The molecule has 2 saturated heterocycles. The van der Waals surface area contributed by atoms with Crippen molar-refractivity contribution in [3.63, 3.8) is 0 Å². The molecular formula is C24H32N8O3. The first-order valence-corrected chi connectivity index (χ1v) is 11.9. The summed E-state index contributed by atoms with van der Waals surface area (Å²) in [7, 11) is 0. The summed E-state index contributed by atoms with van der Waals surface area (Å²) in [5.41, 5.74) is 7.66. The molecule has 0 unspecified atom stereocenters. The largest absolute Gasteiger partial charge is 0.368 e. The number of nitrogens with two attached hydrogens (primary N) is 1. The van der Waals surface area contributed by atoms with Gasteiger partial charge in [0, 0.05) is 76.7 Å². The number of nitrogens with one attached hydrogen (secondary N) is 2. The summed E-state index contributed by atoms with van der Waals surface area (Å²) in [6, 6.07) is 8.01. The normalized spacial score (nSPS) is 16.7. The number of piperazine rings is 1. The van der Waals surface area contributed by atoms with Crippen molar-refractivity contribution in [1.82, 2.24) is 19.8 Å². The minimum atomic E-state index is -0.602. The van der Waals surface area contributed by atoms with Gasteiger partial charge in [-0.15, -0.1) is 0 Å². The number of hydrogen-bond donors (Lipinski definition) is 3. The predicted octanol–water partition coefficient (Wildman–Crippen LogP) is 1.41. The van der Waals surface area contributed by atoms with E-state index in [1.165, 1.54) is 6.20 Å². The van der Waals surface area contributed by atoms with E-state index in [1.54, 1.807) is 13.8 Å². The van der Waals surface area contributed by atoms with Crippen LogP contribution in [0.25, 0.3) is 0 Å². The Kier molecular flexibility index (Phi) is 7.33. The fraction of sp³-hybridized carbons (Fsp3) is 0.458. The molecule has 2 fully saturated rings. The number of hydrogen-bond acceptors (Lipinski definition) is 8. The molecule has 0 bridgehead atoms. The van der Waals surface area contributed by atoms with Crippen LogP contribution in [0.15, 0.2) is 30.5 Å². The zero-order valence-electron chi connectivity index (χ0n) is 20.2. The predicted molar refractivity (Wildman–Crippen MR) is 134 cm³/mol. The van der Waals surface area contributed by atoms with Crippen molar-refractivity contribution in [1.29, 1.82) is 0 Å². The zero-order valence-corrected chi connectivity index (χ0v) is 20.2. The van der Waals surface area contributed by atoms with Crippen LogP contribution in [-0.4, -0.2) is 82.8 Å². The third kappa shape index (κ3) is 5.97. The molecule has 0 aliphatic carbocycles. The van der Waals surface area contributed by atoms with Crippen molar-refractivity contribution in [2.45, 2.75) is 32.7 Å². The number of anilines is 4. The van der Waals surface area contributed by atoms with Crippen molar-refractivity contribution >= 4 is 40.9 Å². The van der Waals surface area contributed by atoms with Crippen LogP contribution < -0.4 is 21.3 Å². The maximum absolute atomic E-state index is 11.9. The maximum Gasteiger partial charge on any atom is 0.254 e. The number of primary amides is 1. The van der Waals surface area contributed by atoms with Crippen molar-refractivity contribution in [2.24, 2.45) is 5.73 Å². The monoisotopic (exact) mass is 480 g/mol. The van der Waals surface area contributed by atoms with E-state index in [0.29, 0.717) is 24.9 Å². The van der Waals surface area contributed by atoms with Crippen molar-refractivity contribution in [3.05, 3.63) is 36.0 Å². The Bertz CT molecular complexity index is 1070. The van der Waals surface area contributed by atoms with Crippen LogP contribution in [0.4, 0.5) is 23.1 Å². The molecule has 0 radical (unpaired) electrons. The summed E-state index contributed by atoms with van der Waals surface area (Å²) in [6.07, 6.45) is 2.94. The summed E-state index contributed by atoms with van der Waals surface area (Å²) in [5, 5.41) is 6.50. The minimum Gasteiger partial charge on any atom is -0.368 e. The summed E-state index contributed by atoms with van der Waals surface area (Å²) >= 11 is 0.